The van der Waals surface area contributed by atoms with E-state index in [1.807, 2.05) is 42.5 Å². The van der Waals surface area contributed by atoms with Crippen molar-refractivity contribution in [1.82, 2.24) is 0 Å². The molecule has 1 fully saturated rings. The summed E-state index contributed by atoms with van der Waals surface area (Å²) in [6, 6.07) is 24.9. The summed E-state index contributed by atoms with van der Waals surface area (Å²) >= 11 is 0. The second-order valence-electron chi connectivity index (χ2n) is 7.98. The Hall–Kier alpha value is -3.96. The number of benzene rings is 3. The zero-order chi connectivity index (χ0) is 20.9. The van der Waals surface area contributed by atoms with Crippen LogP contribution in [0.4, 0.5) is 5.69 Å². The van der Waals surface area contributed by atoms with Crippen molar-refractivity contribution in [3.8, 4) is 12.1 Å². The summed E-state index contributed by atoms with van der Waals surface area (Å²) in [5, 5.41) is 25.5. The first-order valence-electron chi connectivity index (χ1n) is 9.80. The van der Waals surface area contributed by atoms with Crippen LogP contribution >= 0.6 is 0 Å². The molecule has 30 heavy (non-hydrogen) atoms. The quantitative estimate of drug-likeness (QED) is 0.672. The van der Waals surface area contributed by atoms with E-state index in [0.29, 0.717) is 11.3 Å². The van der Waals surface area contributed by atoms with Crippen LogP contribution in [0, 0.1) is 28.1 Å². The fraction of sp³-hybridized carbons (Fsp3) is 0.200. The van der Waals surface area contributed by atoms with Crippen LogP contribution in [0.15, 0.2) is 66.7 Å². The number of para-hydroxylation sites is 1. The fourth-order valence-electron chi connectivity index (χ4n) is 5.34. The zero-order valence-electron chi connectivity index (χ0n) is 16.1. The second kappa shape index (κ2) is 6.27. The molecule has 2 aliphatic rings. The van der Waals surface area contributed by atoms with Crippen LogP contribution in [0.3, 0.4) is 0 Å². The molecule has 144 valence electrons. The van der Waals surface area contributed by atoms with Crippen LogP contribution in [0.2, 0.25) is 0 Å². The van der Waals surface area contributed by atoms with E-state index in [1.54, 1.807) is 24.3 Å². The molecule has 5 heteroatoms. The van der Waals surface area contributed by atoms with Crippen LogP contribution in [0.1, 0.15) is 29.9 Å². The number of anilines is 1. The summed E-state index contributed by atoms with van der Waals surface area (Å²) in [4.78, 5) is 26.4. The summed E-state index contributed by atoms with van der Waals surface area (Å²) < 4.78 is 0. The monoisotopic (exact) mass is 391 g/mol. The zero-order valence-corrected chi connectivity index (χ0v) is 16.1. The van der Waals surface area contributed by atoms with E-state index in [-0.39, 0.29) is 18.6 Å². The van der Waals surface area contributed by atoms with E-state index in [4.69, 9.17) is 0 Å². The normalized spacial score (nSPS) is 24.1. The summed E-state index contributed by atoms with van der Waals surface area (Å²) in [6.07, 6.45) is -0.107. The number of Topliss-reactive ketones (excluding diaryl/α,β-unsaturated/α-hetero) is 1. The van der Waals surface area contributed by atoms with Gasteiger partial charge in [-0.15, -0.1) is 0 Å². The molecule has 1 amide bonds. The van der Waals surface area contributed by atoms with Gasteiger partial charge in [0.25, 0.3) is 0 Å². The van der Waals surface area contributed by atoms with Gasteiger partial charge in [-0.1, -0.05) is 60.7 Å². The Bertz CT molecular complexity index is 1290. The van der Waals surface area contributed by atoms with Crippen LogP contribution in [0.25, 0.3) is 10.8 Å². The standard InChI is InChI=1S/C25H17N3O2/c26-14-24(15-27)21(19-9-5-7-16-6-1-2-8-18(16)19)12-17(29)13-25(24)20-10-3-4-11-22(20)28-23(25)30/h1-11,21H,12-13H2,(H,28,30)/t21-,25-/m1/s1. The minimum absolute atomic E-state index is 0.0479. The third kappa shape index (κ3) is 2.10. The molecule has 3 aromatic rings. The number of fused-ring (bicyclic) bond motifs is 3. The molecule has 0 saturated heterocycles. The molecule has 0 radical (unpaired) electrons. The van der Waals surface area contributed by atoms with Crippen molar-refractivity contribution in [3.05, 3.63) is 77.9 Å². The highest BCUT2D eigenvalue weighted by Crippen LogP contribution is 2.61. The van der Waals surface area contributed by atoms with Gasteiger partial charge in [-0.25, -0.2) is 0 Å². The highest BCUT2D eigenvalue weighted by atomic mass is 16.2. The molecule has 0 unspecified atom stereocenters. The van der Waals surface area contributed by atoms with Crippen molar-refractivity contribution in [2.45, 2.75) is 24.2 Å². The molecule has 2 atom stereocenters. The molecule has 1 aliphatic heterocycles. The maximum atomic E-state index is 13.4. The van der Waals surface area contributed by atoms with Crippen molar-refractivity contribution >= 4 is 28.2 Å². The minimum atomic E-state index is -1.72. The number of hydrogen-bond donors (Lipinski definition) is 1. The molecule has 3 aromatic carbocycles. The molecule has 1 N–H and O–H groups in total. The Balaban J connectivity index is 1.84. The number of carbonyl (C=O) groups excluding carboxylic acids is 2. The van der Waals surface area contributed by atoms with Crippen molar-refractivity contribution in [2.24, 2.45) is 5.41 Å². The van der Waals surface area contributed by atoms with Gasteiger partial charge in [0.05, 0.1) is 12.1 Å². The lowest BCUT2D eigenvalue weighted by Crippen LogP contribution is -2.56. The number of rotatable bonds is 1. The van der Waals surface area contributed by atoms with Gasteiger partial charge >= 0.3 is 0 Å². The molecule has 1 spiro atoms. The van der Waals surface area contributed by atoms with Gasteiger partial charge < -0.3 is 5.32 Å². The van der Waals surface area contributed by atoms with Crippen molar-refractivity contribution in [3.63, 3.8) is 0 Å². The van der Waals surface area contributed by atoms with Gasteiger partial charge in [0.2, 0.25) is 5.91 Å². The van der Waals surface area contributed by atoms with Gasteiger partial charge in [-0.05, 0) is 28.0 Å². The van der Waals surface area contributed by atoms with E-state index >= 15 is 0 Å². The molecular weight excluding hydrogens is 374 g/mol. The van der Waals surface area contributed by atoms with Gasteiger partial charge in [0.15, 0.2) is 5.41 Å². The molecule has 1 saturated carbocycles. The topological polar surface area (TPSA) is 93.8 Å². The van der Waals surface area contributed by atoms with Crippen molar-refractivity contribution in [1.29, 1.82) is 10.5 Å². The number of ketones is 1. The first-order chi connectivity index (χ1) is 14.6. The summed E-state index contributed by atoms with van der Waals surface area (Å²) in [7, 11) is 0. The second-order valence-corrected chi connectivity index (χ2v) is 7.98. The maximum Gasteiger partial charge on any atom is 0.238 e. The Labute approximate surface area is 173 Å². The number of nitriles is 2. The lowest BCUT2D eigenvalue weighted by Gasteiger charge is -2.46. The van der Waals surface area contributed by atoms with E-state index < -0.39 is 22.7 Å². The number of nitrogens with one attached hydrogen (secondary N) is 1. The Morgan fingerprint density at radius 1 is 0.900 bits per heavy atom. The number of amides is 1. The predicted molar refractivity (Wildman–Crippen MR) is 111 cm³/mol. The van der Waals surface area contributed by atoms with E-state index in [9.17, 15) is 20.1 Å². The summed E-state index contributed by atoms with van der Waals surface area (Å²) in [5.74, 6) is -1.30. The fourth-order valence-corrected chi connectivity index (χ4v) is 5.34. The highest BCUT2D eigenvalue weighted by Gasteiger charge is 2.68. The SMILES string of the molecule is N#CC1(C#N)[C@@H](c2cccc3ccccc23)CC(=O)C[C@@]12C(=O)Nc1ccccc12. The average molecular weight is 391 g/mol. The van der Waals surface area contributed by atoms with Crippen LogP contribution in [-0.4, -0.2) is 11.7 Å². The first-order valence-corrected chi connectivity index (χ1v) is 9.80. The third-order valence-electron chi connectivity index (χ3n) is 6.66. The molecule has 1 aliphatic carbocycles. The third-order valence-corrected chi connectivity index (χ3v) is 6.66. The van der Waals surface area contributed by atoms with Gasteiger partial charge in [0, 0.05) is 24.4 Å². The van der Waals surface area contributed by atoms with Crippen molar-refractivity contribution in [2.75, 3.05) is 5.32 Å². The van der Waals surface area contributed by atoms with Gasteiger partial charge in [-0.2, -0.15) is 10.5 Å². The lowest BCUT2D eigenvalue weighted by atomic mass is 9.49. The highest BCUT2D eigenvalue weighted by molar-refractivity contribution is 6.11. The summed E-state index contributed by atoms with van der Waals surface area (Å²) in [6.45, 7) is 0. The van der Waals surface area contributed by atoms with Crippen LogP contribution in [-0.2, 0) is 15.0 Å². The largest absolute Gasteiger partial charge is 0.325 e. The Kier molecular flexibility index (Phi) is 3.78. The molecule has 0 bridgehead atoms. The molecule has 0 aromatic heterocycles. The smallest absolute Gasteiger partial charge is 0.238 e. The van der Waals surface area contributed by atoms with Crippen molar-refractivity contribution < 1.29 is 9.59 Å². The number of carbonyl (C=O) groups is 2. The van der Waals surface area contributed by atoms with Crippen LogP contribution in [0.5, 0.6) is 0 Å². The number of hydrogen-bond acceptors (Lipinski definition) is 4. The summed E-state index contributed by atoms with van der Waals surface area (Å²) in [5.41, 5.74) is -1.40. The van der Waals surface area contributed by atoms with Gasteiger partial charge in [0.1, 0.15) is 11.2 Å². The Morgan fingerprint density at radius 3 is 2.40 bits per heavy atom. The maximum absolute atomic E-state index is 13.4. The molecule has 5 rings (SSSR count). The minimum Gasteiger partial charge on any atom is -0.325 e. The van der Waals surface area contributed by atoms with Gasteiger partial charge in [-0.3, -0.25) is 9.59 Å². The van der Waals surface area contributed by atoms with E-state index in [0.717, 1.165) is 16.3 Å². The average Bonchev–Trinajstić information content (AvgIpc) is 3.05. The van der Waals surface area contributed by atoms with E-state index in [2.05, 4.69) is 17.5 Å². The number of nitrogens with zero attached hydrogens (tertiary/aromatic N) is 2. The Morgan fingerprint density at radius 2 is 1.60 bits per heavy atom. The first kappa shape index (κ1) is 18.1. The molecular formula is C25H17N3O2. The van der Waals surface area contributed by atoms with E-state index in [1.165, 1.54) is 0 Å². The van der Waals surface area contributed by atoms with Crippen LogP contribution < -0.4 is 5.32 Å². The predicted octanol–water partition coefficient (Wildman–Crippen LogP) is 4.21. The lowest BCUT2D eigenvalue weighted by molar-refractivity contribution is -0.134. The molecule has 5 nitrogen and oxygen atoms in total. The molecule has 1 heterocycles.